The van der Waals surface area contributed by atoms with Gasteiger partial charge in [-0.05, 0) is 31.0 Å². The summed E-state index contributed by atoms with van der Waals surface area (Å²) in [5.74, 6) is -0.262. The quantitative estimate of drug-likeness (QED) is 0.624. The number of hydrogen-bond donors (Lipinski definition) is 3. The molecule has 3 aromatic rings. The van der Waals surface area contributed by atoms with Gasteiger partial charge < -0.3 is 10.3 Å². The Morgan fingerprint density at radius 3 is 2.81 bits per heavy atom. The summed E-state index contributed by atoms with van der Waals surface area (Å²) in [6.07, 6.45) is 0.831. The average Bonchev–Trinajstić information content (AvgIpc) is 3.18. The summed E-state index contributed by atoms with van der Waals surface area (Å²) in [6.45, 7) is 2.97. The van der Waals surface area contributed by atoms with E-state index in [2.05, 4.69) is 21.7 Å². The van der Waals surface area contributed by atoms with E-state index in [0.717, 1.165) is 34.1 Å². The van der Waals surface area contributed by atoms with Crippen LogP contribution in [-0.4, -0.2) is 30.0 Å². The second-order valence-corrected chi connectivity index (χ2v) is 6.94. The highest BCUT2D eigenvalue weighted by atomic mass is 16.2. The zero-order valence-corrected chi connectivity index (χ0v) is 15.0. The van der Waals surface area contributed by atoms with Crippen molar-refractivity contribution in [1.29, 1.82) is 0 Å². The molecule has 27 heavy (non-hydrogen) atoms. The number of hydrogen-bond acceptors (Lipinski definition) is 3. The number of imide groups is 1. The fraction of sp³-hybridized carbons (Fsp3) is 0.238. The smallest absolute Gasteiger partial charge is 0.328 e. The van der Waals surface area contributed by atoms with E-state index in [9.17, 15) is 9.59 Å². The predicted octanol–water partition coefficient (Wildman–Crippen LogP) is 2.63. The highest BCUT2D eigenvalue weighted by molar-refractivity contribution is 6.23. The lowest BCUT2D eigenvalue weighted by Gasteiger charge is -2.34. The molecule has 136 valence electrons. The summed E-state index contributed by atoms with van der Waals surface area (Å²) in [5, 5.41) is 7.34. The van der Waals surface area contributed by atoms with Gasteiger partial charge in [0, 0.05) is 29.6 Å². The van der Waals surface area contributed by atoms with Crippen LogP contribution in [0.25, 0.3) is 10.9 Å². The monoisotopic (exact) mass is 360 g/mol. The maximum Gasteiger partial charge on any atom is 0.328 e. The van der Waals surface area contributed by atoms with Gasteiger partial charge in [-0.3, -0.25) is 10.1 Å². The molecule has 6 nitrogen and oxygen atoms in total. The molecule has 0 aliphatic carbocycles. The van der Waals surface area contributed by atoms with Crippen molar-refractivity contribution in [2.75, 3.05) is 18.0 Å². The van der Waals surface area contributed by atoms with Crippen molar-refractivity contribution in [3.8, 4) is 0 Å². The standard InChI is InChI=1S/C21H20N4O2/c1-2-22-20(27)25-17-10-6-4-8-15(17)21(19(25)26)18-14(11-12-23-21)13-7-3-5-9-16(13)24-18/h3-10,23-24H,2,11-12H2,1H3,(H,22,27)/t21-/m0/s1. The van der Waals surface area contributed by atoms with E-state index in [4.69, 9.17) is 0 Å². The maximum absolute atomic E-state index is 13.7. The molecule has 3 heterocycles. The molecule has 5 rings (SSSR count). The number of rotatable bonds is 1. The SMILES string of the molecule is CCNC(=O)N1C(=O)[C@]2(NCCc3c2[nH]c2ccccc32)c2ccccc21. The van der Waals surface area contributed by atoms with Crippen LogP contribution in [0.4, 0.5) is 10.5 Å². The summed E-state index contributed by atoms with van der Waals surface area (Å²) in [4.78, 5) is 31.1. The number of amides is 3. The van der Waals surface area contributed by atoms with E-state index in [1.165, 1.54) is 4.90 Å². The number of aromatic amines is 1. The van der Waals surface area contributed by atoms with E-state index in [1.54, 1.807) is 0 Å². The van der Waals surface area contributed by atoms with Crippen molar-refractivity contribution in [3.63, 3.8) is 0 Å². The number of nitrogens with one attached hydrogen (secondary N) is 3. The van der Waals surface area contributed by atoms with Crippen molar-refractivity contribution in [2.24, 2.45) is 0 Å². The highest BCUT2D eigenvalue weighted by Crippen LogP contribution is 2.47. The molecule has 2 aromatic carbocycles. The third-order valence-corrected chi connectivity index (χ3v) is 5.56. The third kappa shape index (κ3) is 1.99. The van der Waals surface area contributed by atoms with Crippen LogP contribution in [0.3, 0.4) is 0 Å². The molecule has 2 aliphatic heterocycles. The van der Waals surface area contributed by atoms with Crippen molar-refractivity contribution in [1.82, 2.24) is 15.6 Å². The summed E-state index contributed by atoms with van der Waals surface area (Å²) >= 11 is 0. The second-order valence-electron chi connectivity index (χ2n) is 6.94. The van der Waals surface area contributed by atoms with Crippen LogP contribution < -0.4 is 15.5 Å². The minimum Gasteiger partial charge on any atom is -0.356 e. The van der Waals surface area contributed by atoms with Crippen LogP contribution in [0.1, 0.15) is 23.7 Å². The van der Waals surface area contributed by atoms with E-state index in [-0.39, 0.29) is 5.91 Å². The van der Waals surface area contributed by atoms with Crippen LogP contribution in [0.15, 0.2) is 48.5 Å². The van der Waals surface area contributed by atoms with Gasteiger partial charge in [-0.1, -0.05) is 36.4 Å². The average molecular weight is 360 g/mol. The molecule has 0 saturated heterocycles. The largest absolute Gasteiger partial charge is 0.356 e. The maximum atomic E-state index is 13.7. The molecule has 1 aromatic heterocycles. The topological polar surface area (TPSA) is 77.2 Å². The van der Waals surface area contributed by atoms with Crippen LogP contribution in [0, 0.1) is 0 Å². The lowest BCUT2D eigenvalue weighted by Crippen LogP contribution is -2.57. The van der Waals surface area contributed by atoms with Crippen LogP contribution >= 0.6 is 0 Å². The lowest BCUT2D eigenvalue weighted by molar-refractivity contribution is -0.122. The zero-order valence-electron chi connectivity index (χ0n) is 15.0. The Morgan fingerprint density at radius 1 is 1.19 bits per heavy atom. The number of anilines is 1. The summed E-state index contributed by atoms with van der Waals surface area (Å²) in [7, 11) is 0. The second kappa shape index (κ2) is 5.69. The molecule has 0 saturated carbocycles. The number of benzene rings is 2. The Bertz CT molecular complexity index is 1090. The van der Waals surface area contributed by atoms with Crippen LogP contribution in [0.2, 0.25) is 0 Å². The van der Waals surface area contributed by atoms with Gasteiger partial charge in [-0.25, -0.2) is 9.69 Å². The Labute approximate surface area is 156 Å². The summed E-state index contributed by atoms with van der Waals surface area (Å²) < 4.78 is 0. The Hall–Kier alpha value is -3.12. The Kier molecular flexibility index (Phi) is 3.39. The summed E-state index contributed by atoms with van der Waals surface area (Å²) in [6, 6.07) is 15.2. The molecule has 0 radical (unpaired) electrons. The van der Waals surface area contributed by atoms with E-state index in [1.807, 2.05) is 49.4 Å². The number of nitrogens with zero attached hydrogens (tertiary/aromatic N) is 1. The lowest BCUT2D eigenvalue weighted by atomic mass is 9.82. The van der Waals surface area contributed by atoms with Gasteiger partial charge in [0.2, 0.25) is 0 Å². The van der Waals surface area contributed by atoms with Gasteiger partial charge in [-0.15, -0.1) is 0 Å². The normalized spacial score (nSPS) is 20.8. The zero-order chi connectivity index (χ0) is 18.6. The molecule has 1 spiro atoms. The van der Waals surface area contributed by atoms with E-state index >= 15 is 0 Å². The van der Waals surface area contributed by atoms with Gasteiger partial charge in [0.25, 0.3) is 5.91 Å². The molecule has 1 atom stereocenters. The fourth-order valence-corrected chi connectivity index (χ4v) is 4.47. The van der Waals surface area contributed by atoms with Gasteiger partial charge in [0.05, 0.1) is 11.4 Å². The first-order chi connectivity index (χ1) is 13.2. The molecule has 0 fully saturated rings. The predicted molar refractivity (Wildman–Crippen MR) is 104 cm³/mol. The fourth-order valence-electron chi connectivity index (χ4n) is 4.47. The number of para-hydroxylation sites is 2. The number of fused-ring (bicyclic) bond motifs is 6. The van der Waals surface area contributed by atoms with Crippen LogP contribution in [-0.2, 0) is 16.8 Å². The minimum absolute atomic E-state index is 0.262. The minimum atomic E-state index is -1.06. The molecular weight excluding hydrogens is 340 g/mol. The van der Waals surface area contributed by atoms with E-state index in [0.29, 0.717) is 18.8 Å². The first-order valence-electron chi connectivity index (χ1n) is 9.25. The number of carbonyl (C=O) groups is 2. The molecule has 0 unspecified atom stereocenters. The van der Waals surface area contributed by atoms with Gasteiger partial charge >= 0.3 is 6.03 Å². The molecule has 0 bridgehead atoms. The molecule has 2 aliphatic rings. The molecular formula is C21H20N4O2. The summed E-state index contributed by atoms with van der Waals surface area (Å²) in [5.41, 5.74) is 3.38. The van der Waals surface area contributed by atoms with Gasteiger partial charge in [0.1, 0.15) is 0 Å². The first kappa shape index (κ1) is 16.1. The molecule has 3 amide bonds. The third-order valence-electron chi connectivity index (χ3n) is 5.56. The van der Waals surface area contributed by atoms with Gasteiger partial charge in [-0.2, -0.15) is 0 Å². The Morgan fingerprint density at radius 2 is 1.96 bits per heavy atom. The Balaban J connectivity index is 1.79. The molecule has 6 heteroatoms. The van der Waals surface area contributed by atoms with Crippen molar-refractivity contribution >= 4 is 28.5 Å². The highest BCUT2D eigenvalue weighted by Gasteiger charge is 2.56. The van der Waals surface area contributed by atoms with E-state index < -0.39 is 11.6 Å². The number of aromatic nitrogens is 1. The van der Waals surface area contributed by atoms with Crippen LogP contribution in [0.5, 0.6) is 0 Å². The molecule has 3 N–H and O–H groups in total. The van der Waals surface area contributed by atoms with Crippen molar-refractivity contribution < 1.29 is 9.59 Å². The van der Waals surface area contributed by atoms with Gasteiger partial charge in [0.15, 0.2) is 5.54 Å². The first-order valence-corrected chi connectivity index (χ1v) is 9.25. The van der Waals surface area contributed by atoms with Crippen molar-refractivity contribution in [2.45, 2.75) is 18.9 Å². The number of urea groups is 1. The number of carbonyl (C=O) groups excluding carboxylic acids is 2. The number of H-pyrrole nitrogens is 1. The van der Waals surface area contributed by atoms with Crippen molar-refractivity contribution in [3.05, 3.63) is 65.4 Å².